The Hall–Kier alpha value is -7.06. The zero-order chi connectivity index (χ0) is 40.0. The maximum absolute atomic E-state index is 13.8. The zero-order valence-electron chi connectivity index (χ0n) is 31.9. The Kier molecular flexibility index (Phi) is 11.1. The van der Waals surface area contributed by atoms with Crippen molar-refractivity contribution in [3.05, 3.63) is 213 Å². The maximum Gasteiger partial charge on any atom is 0.176 e. The van der Waals surface area contributed by atoms with Crippen molar-refractivity contribution >= 4 is 11.6 Å². The molecule has 0 saturated heterocycles. The summed E-state index contributed by atoms with van der Waals surface area (Å²) in [4.78, 5) is 10.1. The lowest BCUT2D eigenvalue weighted by atomic mass is 9.97. The fraction of sp³-hybridized carbons (Fsp3) is 0.120. The third-order valence-corrected chi connectivity index (χ3v) is 10.9. The highest BCUT2D eigenvalue weighted by Crippen LogP contribution is 2.31. The Balaban J connectivity index is 1.19. The van der Waals surface area contributed by atoms with E-state index in [2.05, 4.69) is 88.9 Å². The van der Waals surface area contributed by atoms with Gasteiger partial charge < -0.3 is 9.13 Å². The Morgan fingerprint density at radius 1 is 0.569 bits per heavy atom. The van der Waals surface area contributed by atoms with Gasteiger partial charge in [-0.15, -0.1) is 0 Å². The van der Waals surface area contributed by atoms with Crippen LogP contribution in [-0.4, -0.2) is 19.1 Å². The molecule has 58 heavy (non-hydrogen) atoms. The summed E-state index contributed by atoms with van der Waals surface area (Å²) >= 11 is 6.42. The highest BCUT2D eigenvalue weighted by atomic mass is 35.5. The second kappa shape index (κ2) is 17.0. The Labute approximate surface area is 342 Å². The minimum absolute atomic E-state index is 0.360. The van der Waals surface area contributed by atoms with Crippen LogP contribution in [-0.2, 0) is 32.4 Å². The number of nitriles is 2. The Morgan fingerprint density at radius 2 is 1.03 bits per heavy atom. The second-order valence-electron chi connectivity index (χ2n) is 14.3. The minimum atomic E-state index is -0.374. The lowest BCUT2D eigenvalue weighted by molar-refractivity contribution is 0.628. The maximum atomic E-state index is 13.8. The molecule has 282 valence electrons. The van der Waals surface area contributed by atoms with Crippen molar-refractivity contribution in [3.8, 4) is 46.0 Å². The van der Waals surface area contributed by atoms with Crippen molar-refractivity contribution < 1.29 is 4.39 Å². The van der Waals surface area contributed by atoms with Crippen molar-refractivity contribution in [2.45, 2.75) is 39.3 Å². The van der Waals surface area contributed by atoms with Gasteiger partial charge in [0.25, 0.3) is 0 Å². The number of imidazole rings is 2. The molecule has 8 heteroatoms. The van der Waals surface area contributed by atoms with Crippen LogP contribution < -0.4 is 0 Å². The first-order valence-corrected chi connectivity index (χ1v) is 19.6. The van der Waals surface area contributed by atoms with Gasteiger partial charge in [0.1, 0.15) is 5.82 Å². The summed E-state index contributed by atoms with van der Waals surface area (Å²) in [6.45, 7) is 3.27. The van der Waals surface area contributed by atoms with Crippen LogP contribution in [0.1, 0.15) is 57.3 Å². The summed E-state index contributed by atoms with van der Waals surface area (Å²) in [5.41, 5.74) is 12.9. The van der Waals surface area contributed by atoms with Crippen LogP contribution in [0, 0.1) is 28.5 Å². The number of aromatic nitrogens is 4. The van der Waals surface area contributed by atoms with E-state index in [-0.39, 0.29) is 5.82 Å². The van der Waals surface area contributed by atoms with Gasteiger partial charge in [-0.1, -0.05) is 116 Å². The standard InChI is InChI=1S/C50H38ClFN6/c1-2-40-5-3-4-6-46(40)41-19-15-38(16-20-41)32-57-44(25-34-7-11-36(28-53)12-8-34)30-55-49(57)50-56-31-45(26-35-9-13-37(29-54)14-10-35)58(50)33-39-17-21-42(22-18-39)47-24-23-43(52)27-48(47)51/h3-24,27,30-31H,2,25-26,32-33H2,1H3. The van der Waals surface area contributed by atoms with Gasteiger partial charge in [-0.25, -0.2) is 14.4 Å². The average molecular weight is 777 g/mol. The number of rotatable bonds is 12. The normalized spacial score (nSPS) is 11.0. The zero-order valence-corrected chi connectivity index (χ0v) is 32.7. The molecule has 0 aliphatic rings. The lowest BCUT2D eigenvalue weighted by Crippen LogP contribution is -2.12. The van der Waals surface area contributed by atoms with Gasteiger partial charge in [0.05, 0.1) is 28.3 Å². The monoisotopic (exact) mass is 776 g/mol. The lowest BCUT2D eigenvalue weighted by Gasteiger charge is -2.16. The highest BCUT2D eigenvalue weighted by Gasteiger charge is 2.21. The van der Waals surface area contributed by atoms with Gasteiger partial charge in [0, 0.05) is 55.3 Å². The van der Waals surface area contributed by atoms with Crippen LogP contribution in [0.2, 0.25) is 5.02 Å². The number of halogens is 2. The number of aryl methyl sites for hydroxylation is 1. The van der Waals surface area contributed by atoms with Gasteiger partial charge in [-0.05, 0) is 93.4 Å². The Bertz CT molecular complexity index is 2790. The molecule has 2 aromatic heterocycles. The van der Waals surface area contributed by atoms with E-state index in [0.29, 0.717) is 42.1 Å². The van der Waals surface area contributed by atoms with Crippen molar-refractivity contribution in [3.63, 3.8) is 0 Å². The van der Waals surface area contributed by atoms with Crippen molar-refractivity contribution in [2.75, 3.05) is 0 Å². The van der Waals surface area contributed by atoms with E-state index in [4.69, 9.17) is 21.6 Å². The smallest absolute Gasteiger partial charge is 0.176 e. The van der Waals surface area contributed by atoms with E-state index in [1.54, 1.807) is 6.07 Å². The summed E-state index contributed by atoms with van der Waals surface area (Å²) in [6, 6.07) is 49.6. The first kappa shape index (κ1) is 37.8. The molecule has 0 aliphatic carbocycles. The molecule has 0 bridgehead atoms. The van der Waals surface area contributed by atoms with Gasteiger partial charge >= 0.3 is 0 Å². The molecule has 0 saturated carbocycles. The van der Waals surface area contributed by atoms with Crippen LogP contribution in [0.4, 0.5) is 4.39 Å². The topological polar surface area (TPSA) is 83.2 Å². The molecule has 0 atom stereocenters. The van der Waals surface area contributed by atoms with E-state index in [1.165, 1.54) is 28.8 Å². The van der Waals surface area contributed by atoms with Crippen LogP contribution in [0.3, 0.4) is 0 Å². The molecule has 0 N–H and O–H groups in total. The van der Waals surface area contributed by atoms with E-state index >= 15 is 0 Å². The Morgan fingerprint density at radius 3 is 1.50 bits per heavy atom. The molecule has 0 spiro atoms. The number of hydrogen-bond donors (Lipinski definition) is 0. The van der Waals surface area contributed by atoms with Crippen LogP contribution in [0.5, 0.6) is 0 Å². The molecule has 0 radical (unpaired) electrons. The average Bonchev–Trinajstić information content (AvgIpc) is 3.83. The summed E-state index contributed by atoms with van der Waals surface area (Å²) in [6.07, 6.45) is 6.02. The van der Waals surface area contributed by atoms with Crippen LogP contribution in [0.15, 0.2) is 152 Å². The van der Waals surface area contributed by atoms with Crippen molar-refractivity contribution in [1.82, 2.24) is 19.1 Å². The minimum Gasteiger partial charge on any atom is -0.321 e. The van der Waals surface area contributed by atoms with Crippen LogP contribution >= 0.6 is 11.6 Å². The molecular formula is C50H38ClFN6. The SMILES string of the molecule is CCc1ccccc1-c1ccc(Cn2c(Cc3ccc(C#N)cc3)cnc2-c2ncc(Cc3ccc(C#N)cc3)n2Cc2ccc(-c3ccc(F)cc3Cl)cc2)cc1. The third kappa shape index (κ3) is 8.22. The highest BCUT2D eigenvalue weighted by molar-refractivity contribution is 6.33. The summed E-state index contributed by atoms with van der Waals surface area (Å²) < 4.78 is 18.3. The van der Waals surface area contributed by atoms with Gasteiger partial charge in [0.15, 0.2) is 11.6 Å². The summed E-state index contributed by atoms with van der Waals surface area (Å²) in [7, 11) is 0. The second-order valence-corrected chi connectivity index (χ2v) is 14.7. The van der Waals surface area contributed by atoms with Crippen LogP contribution in [0.25, 0.3) is 33.9 Å². The largest absolute Gasteiger partial charge is 0.321 e. The summed E-state index contributed by atoms with van der Waals surface area (Å²) in [5.74, 6) is 1.10. The summed E-state index contributed by atoms with van der Waals surface area (Å²) in [5, 5.41) is 19.2. The van der Waals surface area contributed by atoms with Gasteiger partial charge in [-0.2, -0.15) is 10.5 Å². The predicted octanol–water partition coefficient (Wildman–Crippen LogP) is 11.5. The number of nitrogens with zero attached hydrogens (tertiary/aromatic N) is 6. The number of hydrogen-bond acceptors (Lipinski definition) is 4. The van der Waals surface area contributed by atoms with Gasteiger partial charge in [-0.3, -0.25) is 0 Å². The van der Waals surface area contributed by atoms with E-state index < -0.39 is 0 Å². The first-order chi connectivity index (χ1) is 28.4. The van der Waals surface area contributed by atoms with E-state index in [1.807, 2.05) is 73.1 Å². The molecular weight excluding hydrogens is 739 g/mol. The molecule has 6 nitrogen and oxygen atoms in total. The fourth-order valence-electron chi connectivity index (χ4n) is 7.40. The molecule has 6 aromatic carbocycles. The molecule has 0 amide bonds. The fourth-order valence-corrected chi connectivity index (χ4v) is 7.68. The van der Waals surface area contributed by atoms with Crippen molar-refractivity contribution in [2.24, 2.45) is 0 Å². The molecule has 8 rings (SSSR count). The first-order valence-electron chi connectivity index (χ1n) is 19.2. The van der Waals surface area contributed by atoms with E-state index in [0.717, 1.165) is 62.8 Å². The van der Waals surface area contributed by atoms with Gasteiger partial charge in [0.2, 0.25) is 0 Å². The van der Waals surface area contributed by atoms with E-state index in [9.17, 15) is 14.9 Å². The number of benzene rings is 6. The quantitative estimate of drug-likeness (QED) is 0.124. The molecule has 0 fully saturated rings. The third-order valence-electron chi connectivity index (χ3n) is 10.6. The van der Waals surface area contributed by atoms with Crippen molar-refractivity contribution in [1.29, 1.82) is 10.5 Å². The molecule has 0 aliphatic heterocycles. The molecule has 8 aromatic rings. The molecule has 0 unspecified atom stereocenters. The predicted molar refractivity (Wildman–Crippen MR) is 228 cm³/mol. The molecule has 2 heterocycles.